The zero-order valence-electron chi connectivity index (χ0n) is 21.3. The van der Waals surface area contributed by atoms with Crippen molar-refractivity contribution in [2.24, 2.45) is 10.8 Å². The normalized spacial score (nSPS) is 30.4. The van der Waals surface area contributed by atoms with Crippen LogP contribution in [-0.4, -0.2) is 98.5 Å². The highest BCUT2D eigenvalue weighted by Gasteiger charge is 2.74. The second-order valence-corrected chi connectivity index (χ2v) is 9.35. The largest absolute Gasteiger partial charge is 0.497 e. The number of rotatable bonds is 6. The van der Waals surface area contributed by atoms with Crippen LogP contribution < -0.4 is 9.47 Å². The molecule has 5 atom stereocenters. The van der Waals surface area contributed by atoms with E-state index in [9.17, 15) is 14.7 Å². The fourth-order valence-electron chi connectivity index (χ4n) is 6.24. The molecule has 1 N–H and O–H groups in total. The van der Waals surface area contributed by atoms with Crippen molar-refractivity contribution in [3.8, 4) is 11.5 Å². The average Bonchev–Trinajstić information content (AvgIpc) is 2.89. The molecule has 2 aliphatic heterocycles. The number of carbonyl (C=O) groups excluding carboxylic acids is 2. The van der Waals surface area contributed by atoms with Gasteiger partial charge >= 0.3 is 11.9 Å². The summed E-state index contributed by atoms with van der Waals surface area (Å²) in [5.41, 5.74) is -2.22. The molecule has 0 saturated carbocycles. The third kappa shape index (κ3) is 3.61. The van der Waals surface area contributed by atoms with Crippen molar-refractivity contribution in [3.63, 3.8) is 0 Å². The number of hydrogen-bond donors (Lipinski definition) is 1. The van der Waals surface area contributed by atoms with E-state index in [1.165, 1.54) is 28.4 Å². The van der Waals surface area contributed by atoms with E-state index >= 15 is 0 Å². The second-order valence-electron chi connectivity index (χ2n) is 9.35. The smallest absolute Gasteiger partial charge is 0.317 e. The molecule has 0 aliphatic carbocycles. The van der Waals surface area contributed by atoms with E-state index in [2.05, 4.69) is 9.97 Å². The summed E-state index contributed by atoms with van der Waals surface area (Å²) in [4.78, 5) is 40.1. The third-order valence-electron chi connectivity index (χ3n) is 7.50. The van der Waals surface area contributed by atoms with E-state index in [0.29, 0.717) is 22.9 Å². The number of likely N-dealkylation sites (tertiary alicyclic amines) is 2. The maximum absolute atomic E-state index is 13.7. The molecule has 2 saturated heterocycles. The van der Waals surface area contributed by atoms with Crippen LogP contribution in [-0.2, 0) is 19.1 Å². The van der Waals surface area contributed by atoms with Gasteiger partial charge in [-0.3, -0.25) is 24.5 Å². The average molecular weight is 501 g/mol. The van der Waals surface area contributed by atoms with Crippen LogP contribution in [0.5, 0.6) is 11.5 Å². The van der Waals surface area contributed by atoms with Gasteiger partial charge in [-0.25, -0.2) is 0 Å². The summed E-state index contributed by atoms with van der Waals surface area (Å²) in [6.07, 6.45) is 1.66. The first kappa shape index (κ1) is 25.8. The number of esters is 2. The lowest BCUT2D eigenvalue weighted by Crippen LogP contribution is -2.76. The molecule has 36 heavy (non-hydrogen) atoms. The van der Waals surface area contributed by atoms with E-state index in [4.69, 9.17) is 18.9 Å². The first-order chi connectivity index (χ1) is 17.2. The van der Waals surface area contributed by atoms with Crippen molar-refractivity contribution in [2.45, 2.75) is 18.2 Å². The van der Waals surface area contributed by atoms with Crippen LogP contribution in [0.4, 0.5) is 0 Å². The van der Waals surface area contributed by atoms with Gasteiger partial charge in [-0.2, -0.15) is 0 Å². The Bertz CT molecular complexity index is 1060. The number of pyridine rings is 2. The molecule has 2 bridgehead atoms. The Morgan fingerprint density at radius 3 is 1.64 bits per heavy atom. The second kappa shape index (κ2) is 9.64. The summed E-state index contributed by atoms with van der Waals surface area (Å²) in [5, 5.41) is 12.2. The SMILES string of the molecule is COC(=O)[C@@]12CN(C)C[C@@](C(=O)OC)(C1O)[C@H](c1cc(OC)ccn1)N(C)[C@@H]2c1cc(OC)ccn1. The first-order valence-corrected chi connectivity index (χ1v) is 11.5. The van der Waals surface area contributed by atoms with Crippen molar-refractivity contribution in [3.05, 3.63) is 48.0 Å². The van der Waals surface area contributed by atoms with E-state index in [1.54, 1.807) is 50.8 Å². The van der Waals surface area contributed by atoms with Gasteiger partial charge in [0.2, 0.25) is 0 Å². The van der Waals surface area contributed by atoms with Gasteiger partial charge in [0.15, 0.2) is 0 Å². The molecule has 194 valence electrons. The molecule has 2 aromatic rings. The van der Waals surface area contributed by atoms with Crippen molar-refractivity contribution in [2.75, 3.05) is 55.6 Å². The van der Waals surface area contributed by atoms with E-state index in [0.717, 1.165) is 0 Å². The summed E-state index contributed by atoms with van der Waals surface area (Å²) in [6, 6.07) is 5.20. The predicted molar refractivity (Wildman–Crippen MR) is 127 cm³/mol. The number of methoxy groups -OCH3 is 4. The lowest BCUT2D eigenvalue weighted by atomic mass is 9.53. The fourth-order valence-corrected chi connectivity index (χ4v) is 6.24. The molecule has 0 amide bonds. The highest BCUT2D eigenvalue weighted by atomic mass is 16.5. The quantitative estimate of drug-likeness (QED) is 0.568. The van der Waals surface area contributed by atoms with Gasteiger partial charge in [0.1, 0.15) is 22.3 Å². The molecular formula is C25H32N4O7. The Morgan fingerprint density at radius 2 is 1.28 bits per heavy atom. The van der Waals surface area contributed by atoms with Gasteiger partial charge in [-0.1, -0.05) is 0 Å². The van der Waals surface area contributed by atoms with Crippen LogP contribution in [0, 0.1) is 10.8 Å². The molecule has 0 aromatic carbocycles. The van der Waals surface area contributed by atoms with Crippen LogP contribution >= 0.6 is 0 Å². The number of hydrogen-bond acceptors (Lipinski definition) is 11. The topological polar surface area (TPSA) is 124 Å². The summed E-state index contributed by atoms with van der Waals surface area (Å²) < 4.78 is 21.4. The minimum Gasteiger partial charge on any atom is -0.497 e. The number of aliphatic hydroxyl groups is 1. The molecule has 4 heterocycles. The number of nitrogens with zero attached hydrogens (tertiary/aromatic N) is 4. The van der Waals surface area contributed by atoms with Gasteiger partial charge < -0.3 is 29.0 Å². The zero-order chi connectivity index (χ0) is 26.3. The molecule has 4 rings (SSSR count). The summed E-state index contributed by atoms with van der Waals surface area (Å²) in [5.74, 6) is -0.248. The number of ether oxygens (including phenoxy) is 4. The van der Waals surface area contributed by atoms with Crippen LogP contribution in [0.2, 0.25) is 0 Å². The molecule has 0 radical (unpaired) electrons. The Morgan fingerprint density at radius 1 is 0.861 bits per heavy atom. The summed E-state index contributed by atoms with van der Waals surface area (Å²) in [6.45, 7) is 0.234. The number of aliphatic hydroxyl groups excluding tert-OH is 1. The highest BCUT2D eigenvalue weighted by molar-refractivity contribution is 5.86. The minimum absolute atomic E-state index is 0.117. The van der Waals surface area contributed by atoms with Crippen molar-refractivity contribution < 1.29 is 33.6 Å². The molecule has 11 heteroatoms. The number of carbonyl (C=O) groups is 2. The maximum Gasteiger partial charge on any atom is 0.317 e. The summed E-state index contributed by atoms with van der Waals surface area (Å²) in [7, 11) is 9.18. The molecule has 0 spiro atoms. The zero-order valence-corrected chi connectivity index (χ0v) is 21.3. The Kier molecular flexibility index (Phi) is 6.91. The minimum atomic E-state index is -1.58. The molecule has 2 aromatic heterocycles. The van der Waals surface area contributed by atoms with Crippen LogP contribution in [0.15, 0.2) is 36.7 Å². The summed E-state index contributed by atoms with van der Waals surface area (Å²) >= 11 is 0. The lowest BCUT2D eigenvalue weighted by Gasteiger charge is -2.64. The maximum atomic E-state index is 13.7. The molecule has 1 unspecified atom stereocenters. The first-order valence-electron chi connectivity index (χ1n) is 11.5. The van der Waals surface area contributed by atoms with Crippen molar-refractivity contribution in [1.29, 1.82) is 0 Å². The van der Waals surface area contributed by atoms with Crippen molar-refractivity contribution >= 4 is 11.9 Å². The van der Waals surface area contributed by atoms with E-state index in [-0.39, 0.29) is 13.1 Å². The van der Waals surface area contributed by atoms with Gasteiger partial charge in [-0.15, -0.1) is 0 Å². The van der Waals surface area contributed by atoms with E-state index < -0.39 is 41.0 Å². The van der Waals surface area contributed by atoms with Crippen LogP contribution in [0.25, 0.3) is 0 Å². The van der Waals surface area contributed by atoms with Crippen molar-refractivity contribution in [1.82, 2.24) is 19.8 Å². The molecular weight excluding hydrogens is 468 g/mol. The molecule has 2 fully saturated rings. The number of fused-ring (bicyclic) bond motifs is 2. The van der Waals surface area contributed by atoms with Gasteiger partial charge in [-0.05, 0) is 26.2 Å². The van der Waals surface area contributed by atoms with E-state index in [1.807, 2.05) is 9.80 Å². The van der Waals surface area contributed by atoms with Gasteiger partial charge in [0.25, 0.3) is 0 Å². The predicted octanol–water partition coefficient (Wildman–Crippen LogP) is 0.847. The monoisotopic (exact) mass is 500 g/mol. The Labute approximate surface area is 209 Å². The number of aromatic nitrogens is 2. The van der Waals surface area contributed by atoms with Gasteiger partial charge in [0, 0.05) is 37.6 Å². The molecule has 2 aliphatic rings. The highest BCUT2D eigenvalue weighted by Crippen LogP contribution is 2.62. The third-order valence-corrected chi connectivity index (χ3v) is 7.50. The molecule has 11 nitrogen and oxygen atoms in total. The fraction of sp³-hybridized carbons (Fsp3) is 0.520. The Hall–Kier alpha value is -3.28. The van der Waals surface area contributed by atoms with Gasteiger partial charge in [0.05, 0.1) is 58.0 Å². The van der Waals surface area contributed by atoms with Crippen LogP contribution in [0.3, 0.4) is 0 Å². The number of piperidine rings is 2. The standard InChI is InChI=1S/C25H32N4O7/c1-28-13-24(22(31)35-5)19(17-11-15(33-3)7-9-26-17)29(2)20(18-12-16(34-4)8-10-27-18)25(14-28,21(24)30)23(32)36-6/h7-12,19-21,30H,13-14H2,1-6H3/t19-,20+,21?,24-,25+. The Balaban J connectivity index is 2.07. The lowest BCUT2D eigenvalue weighted by molar-refractivity contribution is -0.247. The van der Waals surface area contributed by atoms with Crippen LogP contribution in [0.1, 0.15) is 23.5 Å².